The number of rotatable bonds is 4. The molecule has 0 heterocycles. The van der Waals surface area contributed by atoms with Crippen molar-refractivity contribution in [2.45, 2.75) is 24.7 Å². The lowest BCUT2D eigenvalue weighted by atomic mass is 10.0. The standard InChI is InChI=1S/C12H5F9O2/c13-7-2-5(1-6(3-7)11(16,17)18)8(22)4-9(23)10(14,15)12(19,20)21/h1-3H,4H2. The average molecular weight is 352 g/mol. The molecular formula is C12H5F9O2. The molecule has 0 unspecified atom stereocenters. The summed E-state index contributed by atoms with van der Waals surface area (Å²) in [7, 11) is 0. The Balaban J connectivity index is 3.08. The summed E-state index contributed by atoms with van der Waals surface area (Å²) >= 11 is 0. The Morgan fingerprint density at radius 1 is 0.870 bits per heavy atom. The Morgan fingerprint density at radius 2 is 1.39 bits per heavy atom. The second-order valence-electron chi connectivity index (χ2n) is 4.32. The summed E-state index contributed by atoms with van der Waals surface area (Å²) in [5, 5.41) is 0. The average Bonchev–Trinajstić information content (AvgIpc) is 2.35. The number of carbonyl (C=O) groups excluding carboxylic acids is 2. The van der Waals surface area contributed by atoms with E-state index in [0.717, 1.165) is 0 Å². The lowest BCUT2D eigenvalue weighted by Gasteiger charge is -2.17. The fraction of sp³-hybridized carbons (Fsp3) is 0.333. The molecule has 0 amide bonds. The fourth-order valence-electron chi connectivity index (χ4n) is 1.43. The van der Waals surface area contributed by atoms with Crippen LogP contribution in [-0.2, 0) is 11.0 Å². The van der Waals surface area contributed by atoms with Crippen LogP contribution in [-0.4, -0.2) is 23.7 Å². The molecule has 0 aliphatic heterocycles. The quantitative estimate of drug-likeness (QED) is 0.463. The smallest absolute Gasteiger partial charge is 0.294 e. The minimum atomic E-state index is -6.26. The highest BCUT2D eigenvalue weighted by Gasteiger charge is 2.62. The van der Waals surface area contributed by atoms with Gasteiger partial charge in [0.05, 0.1) is 12.0 Å². The zero-order chi connectivity index (χ0) is 18.2. The van der Waals surface area contributed by atoms with Crippen LogP contribution < -0.4 is 0 Å². The number of benzene rings is 1. The third-order valence-electron chi connectivity index (χ3n) is 2.57. The van der Waals surface area contributed by atoms with Crippen molar-refractivity contribution in [2.24, 2.45) is 0 Å². The molecule has 0 aliphatic rings. The van der Waals surface area contributed by atoms with Gasteiger partial charge in [0.1, 0.15) is 5.82 Å². The molecule has 0 saturated carbocycles. The second-order valence-corrected chi connectivity index (χ2v) is 4.32. The van der Waals surface area contributed by atoms with E-state index in [9.17, 15) is 49.1 Å². The summed E-state index contributed by atoms with van der Waals surface area (Å²) < 4.78 is 111. The van der Waals surface area contributed by atoms with Crippen molar-refractivity contribution in [1.29, 1.82) is 0 Å². The van der Waals surface area contributed by atoms with Crippen molar-refractivity contribution in [3.63, 3.8) is 0 Å². The molecular weight excluding hydrogens is 347 g/mol. The number of ketones is 2. The van der Waals surface area contributed by atoms with Gasteiger partial charge in [-0.15, -0.1) is 0 Å². The molecule has 0 aliphatic carbocycles. The maximum atomic E-state index is 13.0. The molecule has 0 N–H and O–H groups in total. The molecule has 128 valence electrons. The Bertz CT molecular complexity index is 628. The van der Waals surface area contributed by atoms with Gasteiger partial charge in [-0.1, -0.05) is 0 Å². The van der Waals surface area contributed by atoms with Crippen molar-refractivity contribution >= 4 is 11.6 Å². The molecule has 11 heteroatoms. The summed E-state index contributed by atoms with van der Waals surface area (Å²) in [6, 6.07) is 0.226. The van der Waals surface area contributed by atoms with Crippen molar-refractivity contribution in [1.82, 2.24) is 0 Å². The van der Waals surface area contributed by atoms with Gasteiger partial charge >= 0.3 is 18.3 Å². The Hall–Kier alpha value is -2.07. The Morgan fingerprint density at radius 3 is 1.83 bits per heavy atom. The van der Waals surface area contributed by atoms with Crippen LogP contribution in [0.1, 0.15) is 22.3 Å². The Kier molecular flexibility index (Phi) is 4.83. The minimum absolute atomic E-state index is 0.0110. The lowest BCUT2D eigenvalue weighted by molar-refractivity contribution is -0.268. The van der Waals surface area contributed by atoms with Gasteiger partial charge in [0.15, 0.2) is 5.78 Å². The van der Waals surface area contributed by atoms with E-state index in [0.29, 0.717) is 0 Å². The van der Waals surface area contributed by atoms with E-state index in [1.165, 1.54) is 0 Å². The number of Topliss-reactive ketones (excluding diaryl/α,β-unsaturated/α-hetero) is 2. The molecule has 0 atom stereocenters. The lowest BCUT2D eigenvalue weighted by Crippen LogP contribution is -2.44. The fourth-order valence-corrected chi connectivity index (χ4v) is 1.43. The van der Waals surface area contributed by atoms with Gasteiger partial charge in [0.25, 0.3) is 0 Å². The van der Waals surface area contributed by atoms with Gasteiger partial charge in [-0.25, -0.2) is 4.39 Å². The zero-order valence-electron chi connectivity index (χ0n) is 10.7. The maximum absolute atomic E-state index is 13.0. The summed E-state index contributed by atoms with van der Waals surface area (Å²) in [6.07, 6.45) is -13.4. The van der Waals surface area contributed by atoms with Gasteiger partial charge in [-0.3, -0.25) is 9.59 Å². The van der Waals surface area contributed by atoms with E-state index >= 15 is 0 Å². The number of hydrogen-bond acceptors (Lipinski definition) is 2. The second kappa shape index (κ2) is 5.85. The highest BCUT2D eigenvalue weighted by Crippen LogP contribution is 2.37. The molecule has 1 rings (SSSR count). The number of hydrogen-bond donors (Lipinski definition) is 0. The summed E-state index contributed by atoms with van der Waals surface area (Å²) in [5.74, 6) is -12.1. The van der Waals surface area contributed by atoms with Gasteiger partial charge in [0.2, 0.25) is 5.78 Å². The highest BCUT2D eigenvalue weighted by atomic mass is 19.4. The number of halogens is 9. The molecule has 0 saturated heterocycles. The molecule has 0 fully saturated rings. The first-order valence-corrected chi connectivity index (χ1v) is 5.55. The molecule has 1 aromatic rings. The summed E-state index contributed by atoms with van der Waals surface area (Å²) in [5.41, 5.74) is -2.81. The normalized spacial score (nSPS) is 13.1. The Labute approximate surface area is 121 Å². The predicted molar refractivity (Wildman–Crippen MR) is 56.4 cm³/mol. The van der Waals surface area contributed by atoms with Crippen LogP contribution in [0.5, 0.6) is 0 Å². The molecule has 23 heavy (non-hydrogen) atoms. The predicted octanol–water partition coefficient (Wildman–Crippen LogP) is 4.18. The van der Waals surface area contributed by atoms with Gasteiger partial charge in [0, 0.05) is 5.56 Å². The minimum Gasteiger partial charge on any atom is -0.294 e. The van der Waals surface area contributed by atoms with Gasteiger partial charge < -0.3 is 0 Å². The molecule has 0 radical (unpaired) electrons. The largest absolute Gasteiger partial charge is 0.461 e. The van der Waals surface area contributed by atoms with Gasteiger partial charge in [-0.05, 0) is 18.2 Å². The molecule has 0 bridgehead atoms. The number of alkyl halides is 8. The van der Waals surface area contributed by atoms with Crippen LogP contribution in [0.3, 0.4) is 0 Å². The van der Waals surface area contributed by atoms with E-state index in [-0.39, 0.29) is 18.2 Å². The SMILES string of the molecule is O=C(CC(=O)C(F)(F)C(F)(F)F)c1cc(F)cc(C(F)(F)F)c1. The third-order valence-corrected chi connectivity index (χ3v) is 2.57. The van der Waals surface area contributed by atoms with Crippen molar-refractivity contribution in [2.75, 3.05) is 0 Å². The molecule has 0 aromatic heterocycles. The van der Waals surface area contributed by atoms with E-state index in [1.54, 1.807) is 0 Å². The van der Waals surface area contributed by atoms with E-state index in [4.69, 9.17) is 0 Å². The third kappa shape index (κ3) is 4.23. The monoisotopic (exact) mass is 352 g/mol. The van der Waals surface area contributed by atoms with Crippen LogP contribution in [0.2, 0.25) is 0 Å². The van der Waals surface area contributed by atoms with Crippen molar-refractivity contribution in [3.8, 4) is 0 Å². The summed E-state index contributed by atoms with van der Waals surface area (Å²) in [4.78, 5) is 22.3. The van der Waals surface area contributed by atoms with Crippen LogP contribution in [0.15, 0.2) is 18.2 Å². The number of carbonyl (C=O) groups is 2. The first-order chi connectivity index (χ1) is 10.2. The first kappa shape index (κ1) is 19.0. The van der Waals surface area contributed by atoms with Crippen molar-refractivity contribution < 1.29 is 49.1 Å². The first-order valence-electron chi connectivity index (χ1n) is 5.55. The van der Waals surface area contributed by atoms with Crippen LogP contribution in [0.4, 0.5) is 39.5 Å². The highest BCUT2D eigenvalue weighted by molar-refractivity contribution is 6.10. The molecule has 0 spiro atoms. The van der Waals surface area contributed by atoms with E-state index in [1.807, 2.05) is 0 Å². The zero-order valence-corrected chi connectivity index (χ0v) is 10.7. The topological polar surface area (TPSA) is 34.1 Å². The van der Waals surface area contributed by atoms with Crippen LogP contribution in [0, 0.1) is 5.82 Å². The van der Waals surface area contributed by atoms with Crippen LogP contribution in [0.25, 0.3) is 0 Å². The summed E-state index contributed by atoms with van der Waals surface area (Å²) in [6.45, 7) is 0. The molecule has 1 aromatic carbocycles. The van der Waals surface area contributed by atoms with E-state index < -0.39 is 53.2 Å². The molecule has 2 nitrogen and oxygen atoms in total. The maximum Gasteiger partial charge on any atom is 0.461 e. The van der Waals surface area contributed by atoms with Crippen LogP contribution >= 0.6 is 0 Å². The van der Waals surface area contributed by atoms with E-state index in [2.05, 4.69) is 0 Å². The van der Waals surface area contributed by atoms with Gasteiger partial charge in [-0.2, -0.15) is 35.1 Å². The van der Waals surface area contributed by atoms with Crippen molar-refractivity contribution in [3.05, 3.63) is 35.1 Å².